The highest BCUT2D eigenvalue weighted by molar-refractivity contribution is 7.56. The SMILES string of the molecule is CC(CC(C)(C)C)CP(=O)([O-])CC(C)CC(C)(C)C.CCCCCCCCc1cnc(-c2ccc(OCCC[N+](CCCC)(CCCC)CCCC)cc2)nc1. The van der Waals surface area contributed by atoms with E-state index in [0.717, 1.165) is 49.4 Å². The largest absolute Gasteiger partial charge is 0.799 e. The highest BCUT2D eigenvalue weighted by atomic mass is 31.2. The maximum absolute atomic E-state index is 12.3. The Labute approximate surface area is 347 Å². The third-order valence-electron chi connectivity index (χ3n) is 10.7. The molecular weight excluding hydrogens is 710 g/mol. The van der Waals surface area contributed by atoms with Crippen molar-refractivity contribution in [2.75, 3.05) is 45.1 Å². The average molecular weight is 800 g/mol. The van der Waals surface area contributed by atoms with Crippen molar-refractivity contribution in [2.45, 2.75) is 186 Å². The fourth-order valence-corrected chi connectivity index (χ4v) is 10.7. The van der Waals surface area contributed by atoms with Crippen LogP contribution in [-0.4, -0.2) is 59.6 Å². The van der Waals surface area contributed by atoms with Crippen molar-refractivity contribution >= 4 is 7.37 Å². The molecule has 0 aliphatic carbocycles. The molecule has 0 saturated carbocycles. The van der Waals surface area contributed by atoms with Crippen molar-refractivity contribution < 1.29 is 18.7 Å². The first-order valence-electron chi connectivity index (χ1n) is 23.0. The van der Waals surface area contributed by atoms with Crippen molar-refractivity contribution in [3.63, 3.8) is 0 Å². The molecule has 0 fully saturated rings. The van der Waals surface area contributed by atoms with E-state index in [2.05, 4.69) is 117 Å². The van der Waals surface area contributed by atoms with E-state index in [1.807, 2.05) is 12.4 Å². The second-order valence-electron chi connectivity index (χ2n) is 19.9. The molecule has 0 aliphatic heterocycles. The van der Waals surface area contributed by atoms with Gasteiger partial charge in [0.25, 0.3) is 0 Å². The van der Waals surface area contributed by atoms with Crippen LogP contribution in [0, 0.1) is 22.7 Å². The first kappa shape index (κ1) is 52.3. The van der Waals surface area contributed by atoms with Crippen LogP contribution >= 0.6 is 7.37 Å². The van der Waals surface area contributed by atoms with Crippen molar-refractivity contribution in [1.29, 1.82) is 0 Å². The van der Waals surface area contributed by atoms with E-state index in [9.17, 15) is 9.46 Å². The van der Waals surface area contributed by atoms with Crippen LogP contribution in [-0.2, 0) is 11.0 Å². The number of quaternary nitrogens is 1. The predicted octanol–water partition coefficient (Wildman–Crippen LogP) is 13.8. The Morgan fingerprint density at radius 2 is 1.07 bits per heavy atom. The van der Waals surface area contributed by atoms with Crippen molar-refractivity contribution in [2.24, 2.45) is 22.7 Å². The normalized spacial score (nSPS) is 14.4. The molecule has 2 unspecified atom stereocenters. The lowest BCUT2D eigenvalue weighted by Crippen LogP contribution is -2.51. The minimum atomic E-state index is -3.23. The minimum absolute atomic E-state index is 0.205. The highest BCUT2D eigenvalue weighted by Crippen LogP contribution is 2.44. The quantitative estimate of drug-likeness (QED) is 0.0487. The molecule has 0 spiro atoms. The van der Waals surface area contributed by atoms with Crippen LogP contribution < -0.4 is 9.63 Å². The summed E-state index contributed by atoms with van der Waals surface area (Å²) in [4.78, 5) is 21.5. The standard InChI is InChI=1S/C33H56N3O.C16H35O2P/c1-5-9-13-14-15-16-18-30-28-34-33(35-29-30)31-19-21-32(22-20-31)37-27-17-26-36(23-10-6-2,24-11-7-3)25-12-8-4;1-13(9-15(3,4)5)11-19(17,18)12-14(2)10-16(6,7)8/h19-22,28-29H,5-18,23-27H2,1-4H3;13-14H,9-12H2,1-8H3,(H,17,18)/q+1;/p-1. The van der Waals surface area contributed by atoms with Crippen LogP contribution in [0.3, 0.4) is 0 Å². The van der Waals surface area contributed by atoms with Crippen LogP contribution in [0.2, 0.25) is 0 Å². The van der Waals surface area contributed by atoms with Crippen LogP contribution in [0.1, 0.15) is 185 Å². The zero-order valence-electron chi connectivity index (χ0n) is 38.9. The Hall–Kier alpha value is -1.75. The number of hydrogen-bond acceptors (Lipinski definition) is 5. The molecule has 6 nitrogen and oxygen atoms in total. The monoisotopic (exact) mass is 800 g/mol. The van der Waals surface area contributed by atoms with Gasteiger partial charge in [0.1, 0.15) is 5.75 Å². The summed E-state index contributed by atoms with van der Waals surface area (Å²) >= 11 is 0. The summed E-state index contributed by atoms with van der Waals surface area (Å²) in [5.74, 6) is 2.25. The van der Waals surface area contributed by atoms with Gasteiger partial charge >= 0.3 is 0 Å². The number of aryl methyl sites for hydroxylation is 1. The molecule has 0 radical (unpaired) electrons. The Morgan fingerprint density at radius 3 is 1.52 bits per heavy atom. The smallest absolute Gasteiger partial charge is 0.159 e. The van der Waals surface area contributed by atoms with E-state index in [1.165, 1.54) is 113 Å². The lowest BCUT2D eigenvalue weighted by molar-refractivity contribution is -0.929. The lowest BCUT2D eigenvalue weighted by atomic mass is 9.86. The summed E-state index contributed by atoms with van der Waals surface area (Å²) in [5, 5.41) is 0. The summed E-state index contributed by atoms with van der Waals surface area (Å²) in [6.07, 6.45) is 24.6. The van der Waals surface area contributed by atoms with Gasteiger partial charge in [-0.1, -0.05) is 134 Å². The highest BCUT2D eigenvalue weighted by Gasteiger charge is 2.26. The summed E-state index contributed by atoms with van der Waals surface area (Å²) in [5.41, 5.74) is 2.70. The van der Waals surface area contributed by atoms with Crippen LogP contribution in [0.4, 0.5) is 0 Å². The van der Waals surface area contributed by atoms with Gasteiger partial charge in [-0.15, -0.1) is 0 Å². The molecule has 0 aliphatic rings. The molecule has 0 bridgehead atoms. The number of nitrogens with zero attached hydrogens (tertiary/aromatic N) is 3. The molecule has 0 saturated heterocycles. The maximum Gasteiger partial charge on any atom is 0.159 e. The Morgan fingerprint density at radius 1 is 0.643 bits per heavy atom. The second-order valence-corrected chi connectivity index (χ2v) is 22.2. The first-order valence-corrected chi connectivity index (χ1v) is 25.0. The van der Waals surface area contributed by atoms with Crippen molar-refractivity contribution in [1.82, 2.24) is 9.97 Å². The topological polar surface area (TPSA) is 75.1 Å². The molecule has 324 valence electrons. The molecular formula is C49H90N3O3P. The molecule has 2 aromatic rings. The van der Waals surface area contributed by atoms with Crippen LogP contribution in [0.15, 0.2) is 36.7 Å². The molecule has 0 amide bonds. The molecule has 7 heteroatoms. The molecule has 1 aromatic heterocycles. The van der Waals surface area contributed by atoms with Crippen LogP contribution in [0.5, 0.6) is 5.75 Å². The second kappa shape index (κ2) is 27.8. The van der Waals surface area contributed by atoms with E-state index in [1.54, 1.807) is 0 Å². The van der Waals surface area contributed by atoms with Gasteiger partial charge in [-0.3, -0.25) is 0 Å². The van der Waals surface area contributed by atoms with E-state index in [0.29, 0.717) is 12.3 Å². The number of hydrogen-bond donors (Lipinski definition) is 0. The number of ether oxygens (including phenoxy) is 1. The Kier molecular flexibility index (Phi) is 26.0. The fraction of sp³-hybridized carbons (Fsp3) is 0.796. The number of rotatable bonds is 28. The summed E-state index contributed by atoms with van der Waals surface area (Å²) in [6.45, 7) is 32.3. The van der Waals surface area contributed by atoms with Gasteiger partial charge in [0.2, 0.25) is 0 Å². The Balaban J connectivity index is 0.000000696. The van der Waals surface area contributed by atoms with Gasteiger partial charge in [0.05, 0.1) is 32.8 Å². The summed E-state index contributed by atoms with van der Waals surface area (Å²) in [6, 6.07) is 8.30. The number of aromatic nitrogens is 2. The van der Waals surface area contributed by atoms with E-state index in [4.69, 9.17) is 4.74 Å². The van der Waals surface area contributed by atoms with Gasteiger partial charge in [-0.2, -0.15) is 0 Å². The molecule has 2 atom stereocenters. The lowest BCUT2D eigenvalue weighted by Gasteiger charge is -2.39. The number of unbranched alkanes of at least 4 members (excludes halogenated alkanes) is 8. The first-order chi connectivity index (χ1) is 26.4. The van der Waals surface area contributed by atoms with Gasteiger partial charge in [-0.25, -0.2) is 9.97 Å². The van der Waals surface area contributed by atoms with Gasteiger partial charge < -0.3 is 18.7 Å². The fourth-order valence-electron chi connectivity index (χ4n) is 8.43. The summed E-state index contributed by atoms with van der Waals surface area (Å²) in [7, 11) is -3.23. The maximum atomic E-state index is 12.3. The molecule has 2 rings (SSSR count). The third kappa shape index (κ3) is 25.6. The van der Waals surface area contributed by atoms with E-state index >= 15 is 0 Å². The third-order valence-corrected chi connectivity index (χ3v) is 13.1. The van der Waals surface area contributed by atoms with Crippen molar-refractivity contribution in [3.05, 3.63) is 42.2 Å². The van der Waals surface area contributed by atoms with Crippen molar-refractivity contribution in [3.8, 4) is 17.1 Å². The van der Waals surface area contributed by atoms with Crippen LogP contribution in [0.25, 0.3) is 11.4 Å². The average Bonchev–Trinajstić information content (AvgIpc) is 3.10. The van der Waals surface area contributed by atoms with Gasteiger partial charge in [-0.05, 0) is 110 Å². The minimum Gasteiger partial charge on any atom is -0.799 e. The number of benzene rings is 1. The Bertz CT molecular complexity index is 1250. The van der Waals surface area contributed by atoms with Gasteiger partial charge in [0, 0.05) is 31.7 Å². The van der Waals surface area contributed by atoms with E-state index in [-0.39, 0.29) is 22.7 Å². The zero-order chi connectivity index (χ0) is 42.1. The predicted molar refractivity (Wildman–Crippen MR) is 243 cm³/mol. The molecule has 1 heterocycles. The molecule has 1 aromatic carbocycles. The van der Waals surface area contributed by atoms with E-state index < -0.39 is 7.37 Å². The zero-order valence-corrected chi connectivity index (χ0v) is 39.8. The summed E-state index contributed by atoms with van der Waals surface area (Å²) < 4.78 is 19.7. The molecule has 56 heavy (non-hydrogen) atoms. The van der Waals surface area contributed by atoms with Gasteiger partial charge in [0.15, 0.2) is 5.82 Å². The molecule has 0 N–H and O–H groups in total.